The first-order valence-electron chi connectivity index (χ1n) is 7.31. The van der Waals surface area contributed by atoms with Crippen LogP contribution in [0.25, 0.3) is 0 Å². The average molecular weight is 287 g/mol. The number of piperidine rings is 1. The lowest BCUT2D eigenvalue weighted by Crippen LogP contribution is -2.30. The van der Waals surface area contributed by atoms with Crippen LogP contribution in [0.1, 0.15) is 29.7 Å². The molecule has 3 rings (SSSR count). The van der Waals surface area contributed by atoms with Crippen LogP contribution in [-0.4, -0.2) is 18.1 Å². The number of thiophene rings is 1. The molecule has 0 aliphatic carbocycles. The van der Waals surface area contributed by atoms with Gasteiger partial charge in [-0.1, -0.05) is 0 Å². The molecule has 2 aromatic rings. The zero-order valence-electron chi connectivity index (χ0n) is 11.9. The van der Waals surface area contributed by atoms with E-state index in [1.165, 1.54) is 29.7 Å². The normalized spacial score (nSPS) is 15.3. The predicted octanol–water partition coefficient (Wildman–Crippen LogP) is 4.05. The molecule has 1 saturated heterocycles. The van der Waals surface area contributed by atoms with E-state index in [1.807, 2.05) is 6.20 Å². The van der Waals surface area contributed by atoms with Gasteiger partial charge in [0.15, 0.2) is 0 Å². The Morgan fingerprint density at radius 1 is 1.20 bits per heavy atom. The zero-order valence-corrected chi connectivity index (χ0v) is 12.7. The van der Waals surface area contributed by atoms with Gasteiger partial charge in [0, 0.05) is 24.5 Å². The predicted molar refractivity (Wildman–Crippen MR) is 86.7 cm³/mol. The van der Waals surface area contributed by atoms with Gasteiger partial charge in [0.05, 0.1) is 11.9 Å². The molecule has 0 bridgehead atoms. The molecule has 3 nitrogen and oxygen atoms in total. The Morgan fingerprint density at radius 2 is 2.05 bits per heavy atom. The van der Waals surface area contributed by atoms with Crippen LogP contribution in [0, 0.1) is 6.92 Å². The van der Waals surface area contributed by atoms with Crippen molar-refractivity contribution in [3.8, 4) is 0 Å². The van der Waals surface area contributed by atoms with Crippen molar-refractivity contribution >= 4 is 22.8 Å². The Kier molecular flexibility index (Phi) is 4.21. The molecule has 20 heavy (non-hydrogen) atoms. The molecule has 0 aromatic carbocycles. The van der Waals surface area contributed by atoms with Crippen molar-refractivity contribution in [2.75, 3.05) is 23.3 Å². The highest BCUT2D eigenvalue weighted by Crippen LogP contribution is 2.20. The number of pyridine rings is 1. The molecule has 1 N–H and O–H groups in total. The summed E-state index contributed by atoms with van der Waals surface area (Å²) in [5.41, 5.74) is 2.46. The third-order valence-corrected chi connectivity index (χ3v) is 4.87. The number of anilines is 2. The van der Waals surface area contributed by atoms with E-state index in [2.05, 4.69) is 45.7 Å². The van der Waals surface area contributed by atoms with Crippen molar-refractivity contribution in [3.05, 3.63) is 40.2 Å². The molecule has 3 heterocycles. The van der Waals surface area contributed by atoms with Crippen molar-refractivity contribution < 1.29 is 0 Å². The van der Waals surface area contributed by atoms with Gasteiger partial charge in [0.1, 0.15) is 5.82 Å². The van der Waals surface area contributed by atoms with Gasteiger partial charge >= 0.3 is 0 Å². The number of hydrogen-bond donors (Lipinski definition) is 1. The summed E-state index contributed by atoms with van der Waals surface area (Å²) in [6, 6.07) is 6.44. The lowest BCUT2D eigenvalue weighted by atomic mass is 10.1. The highest BCUT2D eigenvalue weighted by Gasteiger charge is 2.11. The van der Waals surface area contributed by atoms with Crippen LogP contribution in [-0.2, 0) is 6.54 Å². The van der Waals surface area contributed by atoms with Crippen molar-refractivity contribution in [2.45, 2.75) is 32.7 Å². The number of hydrogen-bond acceptors (Lipinski definition) is 4. The summed E-state index contributed by atoms with van der Waals surface area (Å²) in [5.74, 6) is 1.11. The Balaban J connectivity index is 1.59. The molecule has 1 fully saturated rings. The molecule has 0 spiro atoms. The van der Waals surface area contributed by atoms with Crippen molar-refractivity contribution in [1.29, 1.82) is 0 Å². The SMILES string of the molecule is Cc1ccsc1CNc1ccc(N2CCCCC2)nc1. The summed E-state index contributed by atoms with van der Waals surface area (Å²) >= 11 is 1.80. The fraction of sp³-hybridized carbons (Fsp3) is 0.438. The molecule has 4 heteroatoms. The van der Waals surface area contributed by atoms with Gasteiger partial charge < -0.3 is 10.2 Å². The summed E-state index contributed by atoms with van der Waals surface area (Å²) in [6.07, 6.45) is 5.89. The van der Waals surface area contributed by atoms with Crippen LogP contribution in [0.4, 0.5) is 11.5 Å². The number of rotatable bonds is 4. The van der Waals surface area contributed by atoms with Gasteiger partial charge in [-0.2, -0.15) is 0 Å². The van der Waals surface area contributed by atoms with E-state index in [9.17, 15) is 0 Å². The Bertz CT molecular complexity index is 541. The van der Waals surface area contributed by atoms with E-state index in [4.69, 9.17) is 0 Å². The summed E-state index contributed by atoms with van der Waals surface area (Å²) in [6.45, 7) is 5.34. The second-order valence-corrected chi connectivity index (χ2v) is 6.33. The Hall–Kier alpha value is -1.55. The van der Waals surface area contributed by atoms with E-state index in [-0.39, 0.29) is 0 Å². The molecule has 106 valence electrons. The fourth-order valence-corrected chi connectivity index (χ4v) is 3.41. The first-order chi connectivity index (χ1) is 9.83. The fourth-order valence-electron chi connectivity index (χ4n) is 2.57. The maximum absolute atomic E-state index is 4.59. The maximum atomic E-state index is 4.59. The first-order valence-corrected chi connectivity index (χ1v) is 8.19. The van der Waals surface area contributed by atoms with Gasteiger partial charge in [0.25, 0.3) is 0 Å². The number of nitrogens with one attached hydrogen (secondary N) is 1. The summed E-state index contributed by atoms with van der Waals surface area (Å²) in [4.78, 5) is 8.37. The standard InChI is InChI=1S/C16H21N3S/c1-13-7-10-20-15(13)12-17-14-5-6-16(18-11-14)19-8-3-2-4-9-19/h5-7,10-11,17H,2-4,8-9,12H2,1H3. The highest BCUT2D eigenvalue weighted by molar-refractivity contribution is 7.10. The minimum absolute atomic E-state index is 0.883. The number of aromatic nitrogens is 1. The average Bonchev–Trinajstić information content (AvgIpc) is 2.92. The third-order valence-electron chi connectivity index (χ3n) is 3.85. The summed E-state index contributed by atoms with van der Waals surface area (Å²) < 4.78 is 0. The molecule has 1 aliphatic heterocycles. The van der Waals surface area contributed by atoms with Crippen molar-refractivity contribution in [2.24, 2.45) is 0 Å². The topological polar surface area (TPSA) is 28.2 Å². The lowest BCUT2D eigenvalue weighted by molar-refractivity contribution is 0.573. The third kappa shape index (κ3) is 3.12. The molecule has 0 amide bonds. The quantitative estimate of drug-likeness (QED) is 0.919. The van der Waals surface area contributed by atoms with Gasteiger partial charge in [-0.05, 0) is 55.3 Å². The molecule has 2 aromatic heterocycles. The van der Waals surface area contributed by atoms with Crippen molar-refractivity contribution in [3.63, 3.8) is 0 Å². The van der Waals surface area contributed by atoms with E-state index in [0.29, 0.717) is 0 Å². The Labute approximate surface area is 124 Å². The molecular weight excluding hydrogens is 266 g/mol. The van der Waals surface area contributed by atoms with Gasteiger partial charge in [-0.25, -0.2) is 4.98 Å². The molecule has 0 radical (unpaired) electrons. The van der Waals surface area contributed by atoms with Crippen molar-refractivity contribution in [1.82, 2.24) is 4.98 Å². The minimum Gasteiger partial charge on any atom is -0.379 e. The Morgan fingerprint density at radius 3 is 2.70 bits per heavy atom. The summed E-state index contributed by atoms with van der Waals surface area (Å²) in [7, 11) is 0. The largest absolute Gasteiger partial charge is 0.379 e. The van der Waals surface area contributed by atoms with Crippen LogP contribution in [0.15, 0.2) is 29.8 Å². The number of aryl methyl sites for hydroxylation is 1. The van der Waals surface area contributed by atoms with E-state index >= 15 is 0 Å². The second-order valence-electron chi connectivity index (χ2n) is 5.33. The highest BCUT2D eigenvalue weighted by atomic mass is 32.1. The molecular formula is C16H21N3S. The van der Waals surface area contributed by atoms with Gasteiger partial charge in [0.2, 0.25) is 0 Å². The minimum atomic E-state index is 0.883. The molecule has 0 unspecified atom stereocenters. The maximum Gasteiger partial charge on any atom is 0.128 e. The zero-order chi connectivity index (χ0) is 13.8. The second kappa shape index (κ2) is 6.27. The van der Waals surface area contributed by atoms with Gasteiger partial charge in [-0.15, -0.1) is 11.3 Å². The summed E-state index contributed by atoms with van der Waals surface area (Å²) in [5, 5.41) is 5.59. The van der Waals surface area contributed by atoms with Crippen LogP contribution < -0.4 is 10.2 Å². The van der Waals surface area contributed by atoms with Crippen LogP contribution in [0.3, 0.4) is 0 Å². The number of nitrogens with zero attached hydrogens (tertiary/aromatic N) is 2. The van der Waals surface area contributed by atoms with E-state index in [0.717, 1.165) is 31.1 Å². The first kappa shape index (κ1) is 13.4. The monoisotopic (exact) mass is 287 g/mol. The lowest BCUT2D eigenvalue weighted by Gasteiger charge is -2.27. The molecule has 1 aliphatic rings. The smallest absolute Gasteiger partial charge is 0.128 e. The molecule has 0 saturated carbocycles. The molecule has 0 atom stereocenters. The van der Waals surface area contributed by atoms with Crippen LogP contribution in [0.5, 0.6) is 0 Å². The van der Waals surface area contributed by atoms with E-state index in [1.54, 1.807) is 11.3 Å². The van der Waals surface area contributed by atoms with E-state index < -0.39 is 0 Å². The van der Waals surface area contributed by atoms with Gasteiger partial charge in [-0.3, -0.25) is 0 Å². The van der Waals surface area contributed by atoms with Crippen LogP contribution in [0.2, 0.25) is 0 Å². The van der Waals surface area contributed by atoms with Crippen LogP contribution >= 0.6 is 11.3 Å².